The maximum atomic E-state index is 9.89. The van der Waals surface area contributed by atoms with Crippen molar-refractivity contribution in [1.82, 2.24) is 9.55 Å². The third-order valence-electron chi connectivity index (χ3n) is 11.7. The molecule has 0 amide bonds. The minimum Gasteiger partial charge on any atom is -0.309 e. The Balaban J connectivity index is 1.01. The summed E-state index contributed by atoms with van der Waals surface area (Å²) in [6.45, 7) is 0. The molecule has 2 aromatic heterocycles. The summed E-state index contributed by atoms with van der Waals surface area (Å²) >= 11 is 0. The molecule has 3 nitrogen and oxygen atoms in total. The molecule has 0 atom stereocenters. The van der Waals surface area contributed by atoms with Crippen LogP contribution in [0.5, 0.6) is 0 Å². The fourth-order valence-corrected chi connectivity index (χ4v) is 9.30. The van der Waals surface area contributed by atoms with Gasteiger partial charge in [0, 0.05) is 33.8 Å². The van der Waals surface area contributed by atoms with E-state index < -0.39 is 0 Å². The number of rotatable bonds is 4. The zero-order chi connectivity index (χ0) is 36.2. The number of para-hydroxylation sites is 1. The van der Waals surface area contributed by atoms with Gasteiger partial charge in [0.2, 0.25) is 0 Å². The Morgan fingerprint density at radius 1 is 0.418 bits per heavy atom. The van der Waals surface area contributed by atoms with E-state index in [1.807, 2.05) is 24.4 Å². The van der Waals surface area contributed by atoms with E-state index in [1.54, 1.807) is 0 Å². The molecule has 10 aromatic carbocycles. The zero-order valence-electron chi connectivity index (χ0n) is 29.6. The summed E-state index contributed by atoms with van der Waals surface area (Å²) in [5.74, 6) is 0. The summed E-state index contributed by atoms with van der Waals surface area (Å²) in [5, 5.41) is 24.6. The van der Waals surface area contributed by atoms with Crippen LogP contribution in [0.3, 0.4) is 0 Å². The molecule has 3 heteroatoms. The summed E-state index contributed by atoms with van der Waals surface area (Å²) in [5.41, 5.74) is 10.6. The van der Waals surface area contributed by atoms with E-state index in [2.05, 4.69) is 162 Å². The van der Waals surface area contributed by atoms with Gasteiger partial charge < -0.3 is 4.57 Å². The van der Waals surface area contributed by atoms with Gasteiger partial charge in [-0.1, -0.05) is 127 Å². The van der Waals surface area contributed by atoms with Crippen LogP contribution >= 0.6 is 0 Å². The van der Waals surface area contributed by atoms with Crippen LogP contribution in [-0.2, 0) is 0 Å². The third-order valence-corrected chi connectivity index (χ3v) is 11.7. The fraction of sp³-hybridized carbons (Fsp3) is 0. The lowest BCUT2D eigenvalue weighted by Gasteiger charge is -2.17. The second kappa shape index (κ2) is 11.2. The van der Waals surface area contributed by atoms with Gasteiger partial charge in [-0.05, 0) is 113 Å². The van der Waals surface area contributed by atoms with E-state index in [1.165, 1.54) is 70.4 Å². The van der Waals surface area contributed by atoms with Crippen molar-refractivity contribution in [2.75, 3.05) is 0 Å². The van der Waals surface area contributed by atoms with E-state index in [4.69, 9.17) is 4.98 Å². The second-order valence-corrected chi connectivity index (χ2v) is 14.6. The van der Waals surface area contributed by atoms with Crippen LogP contribution in [0, 0.1) is 11.3 Å². The summed E-state index contributed by atoms with van der Waals surface area (Å²) in [7, 11) is 0. The molecule has 0 aliphatic heterocycles. The number of nitriles is 1. The Kier molecular flexibility index (Phi) is 6.12. The first-order chi connectivity index (χ1) is 27.2. The summed E-state index contributed by atoms with van der Waals surface area (Å²) < 4.78 is 2.30. The van der Waals surface area contributed by atoms with E-state index in [9.17, 15) is 5.26 Å². The van der Waals surface area contributed by atoms with Crippen molar-refractivity contribution in [3.8, 4) is 45.3 Å². The Hall–Kier alpha value is -7.54. The Labute approximate surface area is 316 Å². The lowest BCUT2D eigenvalue weighted by atomic mass is 9.87. The molecule has 0 fully saturated rings. The van der Waals surface area contributed by atoms with Crippen molar-refractivity contribution < 1.29 is 0 Å². The Morgan fingerprint density at radius 2 is 1.05 bits per heavy atom. The van der Waals surface area contributed by atoms with E-state index >= 15 is 0 Å². The van der Waals surface area contributed by atoms with Gasteiger partial charge in [0.1, 0.15) is 0 Å². The average Bonchev–Trinajstić information content (AvgIpc) is 3.59. The third kappa shape index (κ3) is 4.28. The monoisotopic (exact) mass is 695 g/mol. The lowest BCUT2D eigenvalue weighted by Crippen LogP contribution is -1.94. The standard InChI is InChI=1S/C52H29N3/c53-29-31-25-35-13-14-36-27-38(28-48-52(36)51(35)47(26-31)55(48)39-9-2-1-3-10-39)37-19-24-46(54-30-37)43-21-16-34-17-22-44-42(20-15-33-18-23-45(43)50(34)49(33)44)41-12-6-8-32-7-4-5-11-40(32)41/h1-28,30H. The molecule has 0 saturated carbocycles. The summed E-state index contributed by atoms with van der Waals surface area (Å²) in [4.78, 5) is 5.14. The lowest BCUT2D eigenvalue weighted by molar-refractivity contribution is 1.18. The molecular weight excluding hydrogens is 667 g/mol. The van der Waals surface area contributed by atoms with Gasteiger partial charge in [-0.25, -0.2) is 0 Å². The molecule has 2 heterocycles. The molecule has 0 saturated heterocycles. The van der Waals surface area contributed by atoms with Crippen LogP contribution in [0.1, 0.15) is 5.56 Å². The SMILES string of the molecule is N#Cc1cc2ccc3cc(-c4ccc(-c5ccc6ccc7c(-c8cccc9ccccc89)ccc8ccc5c6c87)nc4)cc4c3c2c(c1)n4-c1ccccc1. The van der Waals surface area contributed by atoms with Crippen molar-refractivity contribution in [2.24, 2.45) is 0 Å². The minimum absolute atomic E-state index is 0.660. The molecule has 12 aromatic rings. The normalized spacial score (nSPS) is 12.0. The number of pyridine rings is 1. The number of fused-ring (bicyclic) bond motifs is 1. The molecule has 0 aliphatic carbocycles. The predicted molar refractivity (Wildman–Crippen MR) is 230 cm³/mol. The van der Waals surface area contributed by atoms with E-state index in [0.717, 1.165) is 44.5 Å². The molecule has 0 aliphatic rings. The molecule has 0 unspecified atom stereocenters. The number of benzene rings is 10. The van der Waals surface area contributed by atoms with Crippen LogP contribution in [0.25, 0.3) is 115 Å². The van der Waals surface area contributed by atoms with Crippen LogP contribution in [-0.4, -0.2) is 9.55 Å². The van der Waals surface area contributed by atoms with Crippen LogP contribution in [0.4, 0.5) is 0 Å². The van der Waals surface area contributed by atoms with E-state index in [-0.39, 0.29) is 0 Å². The van der Waals surface area contributed by atoms with Crippen molar-refractivity contribution >= 4 is 75.7 Å². The Bertz CT molecular complexity index is 3530. The molecule has 0 spiro atoms. The topological polar surface area (TPSA) is 41.6 Å². The van der Waals surface area contributed by atoms with Gasteiger partial charge in [0.15, 0.2) is 0 Å². The maximum absolute atomic E-state index is 9.89. The maximum Gasteiger partial charge on any atom is 0.0992 e. The molecule has 0 bridgehead atoms. The quantitative estimate of drug-likeness (QED) is 0.172. The van der Waals surface area contributed by atoms with Gasteiger partial charge in [0.25, 0.3) is 0 Å². The molecule has 55 heavy (non-hydrogen) atoms. The number of hydrogen-bond acceptors (Lipinski definition) is 2. The smallest absolute Gasteiger partial charge is 0.0992 e. The van der Waals surface area contributed by atoms with Crippen LogP contribution in [0.2, 0.25) is 0 Å². The largest absolute Gasteiger partial charge is 0.309 e. The Morgan fingerprint density at radius 3 is 1.82 bits per heavy atom. The zero-order valence-corrected chi connectivity index (χ0v) is 29.6. The first kappa shape index (κ1) is 30.0. The van der Waals surface area contributed by atoms with Gasteiger partial charge in [-0.15, -0.1) is 0 Å². The molecular formula is C52H29N3. The highest BCUT2D eigenvalue weighted by atomic mass is 15.0. The van der Waals surface area contributed by atoms with Gasteiger partial charge in [0.05, 0.1) is 28.4 Å². The second-order valence-electron chi connectivity index (χ2n) is 14.6. The summed E-state index contributed by atoms with van der Waals surface area (Å²) in [6, 6.07) is 63.5. The van der Waals surface area contributed by atoms with Crippen molar-refractivity contribution in [3.63, 3.8) is 0 Å². The molecule has 0 N–H and O–H groups in total. The predicted octanol–water partition coefficient (Wildman–Crippen LogP) is 13.7. The van der Waals surface area contributed by atoms with Crippen molar-refractivity contribution in [1.29, 1.82) is 5.26 Å². The van der Waals surface area contributed by atoms with Crippen LogP contribution in [0.15, 0.2) is 176 Å². The summed E-state index contributed by atoms with van der Waals surface area (Å²) in [6.07, 6.45) is 2.01. The molecule has 0 radical (unpaired) electrons. The first-order valence-electron chi connectivity index (χ1n) is 18.7. The van der Waals surface area contributed by atoms with E-state index in [0.29, 0.717) is 5.56 Å². The number of hydrogen-bond donors (Lipinski definition) is 0. The van der Waals surface area contributed by atoms with Crippen LogP contribution < -0.4 is 0 Å². The highest BCUT2D eigenvalue weighted by Gasteiger charge is 2.20. The van der Waals surface area contributed by atoms with Crippen molar-refractivity contribution in [2.45, 2.75) is 0 Å². The minimum atomic E-state index is 0.660. The number of aromatic nitrogens is 2. The first-order valence-corrected chi connectivity index (χ1v) is 18.7. The van der Waals surface area contributed by atoms with Gasteiger partial charge >= 0.3 is 0 Å². The molecule has 12 rings (SSSR count). The fourth-order valence-electron chi connectivity index (χ4n) is 9.30. The van der Waals surface area contributed by atoms with Crippen molar-refractivity contribution in [3.05, 3.63) is 182 Å². The highest BCUT2D eigenvalue weighted by molar-refractivity contribution is 6.28. The van der Waals surface area contributed by atoms with Gasteiger partial charge in [-0.3, -0.25) is 4.98 Å². The molecule has 252 valence electrons. The number of nitrogens with zero attached hydrogens (tertiary/aromatic N) is 3. The average molecular weight is 696 g/mol. The van der Waals surface area contributed by atoms with Gasteiger partial charge in [-0.2, -0.15) is 5.26 Å². The highest BCUT2D eigenvalue weighted by Crippen LogP contribution is 2.45.